The van der Waals surface area contributed by atoms with Crippen LogP contribution in [0.2, 0.25) is 10.0 Å². The zero-order chi connectivity index (χ0) is 24.8. The van der Waals surface area contributed by atoms with Crippen molar-refractivity contribution in [1.82, 2.24) is 10.2 Å². The zero-order valence-electron chi connectivity index (χ0n) is 19.7. The summed E-state index contributed by atoms with van der Waals surface area (Å²) < 4.78 is 16.2. The molecule has 9 heteroatoms. The Labute approximate surface area is 204 Å². The summed E-state index contributed by atoms with van der Waals surface area (Å²) in [4.78, 5) is 27.5. The molecule has 33 heavy (non-hydrogen) atoms. The van der Waals surface area contributed by atoms with Crippen LogP contribution in [0.5, 0.6) is 17.2 Å². The molecule has 1 N–H and O–H groups in total. The van der Waals surface area contributed by atoms with Gasteiger partial charge >= 0.3 is 0 Å². The quantitative estimate of drug-likeness (QED) is 0.543. The first-order valence-electron chi connectivity index (χ1n) is 10.3. The fraction of sp³-hybridized carbons (Fsp3) is 0.417. The van der Waals surface area contributed by atoms with Gasteiger partial charge in [-0.2, -0.15) is 0 Å². The van der Waals surface area contributed by atoms with Crippen LogP contribution < -0.4 is 19.5 Å². The van der Waals surface area contributed by atoms with Crippen molar-refractivity contribution < 1.29 is 23.8 Å². The first-order valence-corrected chi connectivity index (χ1v) is 11.1. The zero-order valence-corrected chi connectivity index (χ0v) is 21.2. The molecule has 0 unspecified atom stereocenters. The lowest BCUT2D eigenvalue weighted by Gasteiger charge is -2.31. The molecular formula is C24H30Cl2N2O5. The molecule has 0 bridgehead atoms. The van der Waals surface area contributed by atoms with Gasteiger partial charge in [-0.3, -0.25) is 9.59 Å². The normalized spacial score (nSPS) is 12.0. The van der Waals surface area contributed by atoms with E-state index in [4.69, 9.17) is 37.4 Å². The van der Waals surface area contributed by atoms with Crippen LogP contribution >= 0.6 is 23.2 Å². The van der Waals surface area contributed by atoms with Crippen molar-refractivity contribution in [1.29, 1.82) is 0 Å². The molecule has 0 aliphatic rings. The lowest BCUT2D eigenvalue weighted by atomic mass is 10.1. The van der Waals surface area contributed by atoms with Crippen LogP contribution in [0.3, 0.4) is 0 Å². The van der Waals surface area contributed by atoms with Crippen LogP contribution in [0.4, 0.5) is 0 Å². The molecule has 2 rings (SSSR count). The number of nitrogens with zero attached hydrogens (tertiary/aromatic N) is 1. The summed E-state index contributed by atoms with van der Waals surface area (Å²) >= 11 is 12.3. The number of rotatable bonds is 9. The van der Waals surface area contributed by atoms with Gasteiger partial charge < -0.3 is 24.4 Å². The molecule has 1 atom stereocenters. The molecule has 0 aliphatic carbocycles. The number of carbonyl (C=O) groups is 2. The van der Waals surface area contributed by atoms with Gasteiger partial charge in [-0.05, 0) is 45.4 Å². The molecule has 2 amide bonds. The highest BCUT2D eigenvalue weighted by Crippen LogP contribution is 2.28. The monoisotopic (exact) mass is 496 g/mol. The first kappa shape index (κ1) is 26.6. The average molecular weight is 497 g/mol. The smallest absolute Gasteiger partial charge is 0.261 e. The molecule has 0 spiro atoms. The number of hydrogen-bond acceptors (Lipinski definition) is 5. The Morgan fingerprint density at radius 3 is 2.09 bits per heavy atom. The van der Waals surface area contributed by atoms with Gasteiger partial charge in [0.1, 0.15) is 23.3 Å². The molecule has 0 radical (unpaired) electrons. The van der Waals surface area contributed by atoms with Crippen LogP contribution in [0.1, 0.15) is 33.3 Å². The number of carbonyl (C=O) groups excluding carboxylic acids is 2. The van der Waals surface area contributed by atoms with Crippen molar-refractivity contribution in [2.24, 2.45) is 0 Å². The Balaban J connectivity index is 2.26. The van der Waals surface area contributed by atoms with E-state index in [-0.39, 0.29) is 25.0 Å². The SMILES string of the molecule is COc1cc(OC)cc(OCC(=O)N(Cc2ccc(Cl)cc2Cl)[C@H](C)C(=O)NC(C)(C)C)c1. The Kier molecular flexibility index (Phi) is 9.25. The lowest BCUT2D eigenvalue weighted by Crippen LogP contribution is -2.53. The van der Waals surface area contributed by atoms with Gasteiger partial charge in [0.2, 0.25) is 5.91 Å². The predicted octanol–water partition coefficient (Wildman–Crippen LogP) is 4.72. The van der Waals surface area contributed by atoms with Crippen molar-refractivity contribution in [3.05, 3.63) is 52.0 Å². The second kappa shape index (κ2) is 11.5. The summed E-state index contributed by atoms with van der Waals surface area (Å²) in [6.45, 7) is 7.10. The van der Waals surface area contributed by atoms with Gasteiger partial charge in [0.25, 0.3) is 5.91 Å². The molecule has 2 aromatic carbocycles. The van der Waals surface area contributed by atoms with Gasteiger partial charge in [-0.15, -0.1) is 0 Å². The summed E-state index contributed by atoms with van der Waals surface area (Å²) in [5.41, 5.74) is 0.207. The van der Waals surface area contributed by atoms with Crippen molar-refractivity contribution >= 4 is 35.0 Å². The predicted molar refractivity (Wildman–Crippen MR) is 129 cm³/mol. The number of amides is 2. The Hall–Kier alpha value is -2.64. The van der Waals surface area contributed by atoms with Crippen LogP contribution in [-0.2, 0) is 16.1 Å². The number of ether oxygens (including phenoxy) is 3. The Bertz CT molecular complexity index is 969. The van der Waals surface area contributed by atoms with Gasteiger partial charge in [0, 0.05) is 40.3 Å². The first-order chi connectivity index (χ1) is 15.4. The van der Waals surface area contributed by atoms with Gasteiger partial charge in [-0.25, -0.2) is 0 Å². The lowest BCUT2D eigenvalue weighted by molar-refractivity contribution is -0.142. The molecule has 180 valence electrons. The second-order valence-electron chi connectivity index (χ2n) is 8.51. The van der Waals surface area contributed by atoms with Gasteiger partial charge in [0.05, 0.1) is 14.2 Å². The van der Waals surface area contributed by atoms with E-state index in [1.807, 2.05) is 20.8 Å². The van der Waals surface area contributed by atoms with Gasteiger partial charge in [-0.1, -0.05) is 29.3 Å². The van der Waals surface area contributed by atoms with Crippen LogP contribution in [0.25, 0.3) is 0 Å². The van der Waals surface area contributed by atoms with E-state index < -0.39 is 11.6 Å². The largest absolute Gasteiger partial charge is 0.496 e. The summed E-state index contributed by atoms with van der Waals surface area (Å²) in [7, 11) is 3.05. The molecule has 0 heterocycles. The number of benzene rings is 2. The number of nitrogens with one attached hydrogen (secondary N) is 1. The highest BCUT2D eigenvalue weighted by atomic mass is 35.5. The molecule has 0 saturated heterocycles. The summed E-state index contributed by atoms with van der Waals surface area (Å²) in [6, 6.07) is 9.23. The minimum atomic E-state index is -0.771. The van der Waals surface area contributed by atoms with Crippen LogP contribution in [-0.4, -0.2) is 49.1 Å². The number of hydrogen-bond donors (Lipinski definition) is 1. The van der Waals surface area contributed by atoms with Crippen LogP contribution in [0, 0.1) is 0 Å². The molecule has 2 aromatic rings. The third kappa shape index (κ3) is 8.02. The van der Waals surface area contributed by atoms with E-state index in [0.29, 0.717) is 32.9 Å². The average Bonchev–Trinajstić information content (AvgIpc) is 2.75. The Morgan fingerprint density at radius 1 is 1.00 bits per heavy atom. The molecule has 0 fully saturated rings. The number of halogens is 2. The number of methoxy groups -OCH3 is 2. The van der Waals surface area contributed by atoms with Gasteiger partial charge in [0.15, 0.2) is 6.61 Å². The highest BCUT2D eigenvalue weighted by Gasteiger charge is 2.29. The molecular weight excluding hydrogens is 467 g/mol. The fourth-order valence-electron chi connectivity index (χ4n) is 2.98. The summed E-state index contributed by atoms with van der Waals surface area (Å²) in [5, 5.41) is 3.79. The topological polar surface area (TPSA) is 77.1 Å². The second-order valence-corrected chi connectivity index (χ2v) is 9.35. The van der Waals surface area contributed by atoms with E-state index in [9.17, 15) is 9.59 Å². The molecule has 0 aliphatic heterocycles. The summed E-state index contributed by atoms with van der Waals surface area (Å²) in [5.74, 6) is 0.776. The van der Waals surface area contributed by atoms with Crippen molar-refractivity contribution in [2.45, 2.75) is 45.8 Å². The maximum atomic E-state index is 13.2. The standard InChI is InChI=1S/C24H30Cl2N2O5/c1-15(23(30)27-24(2,3)4)28(13-16-7-8-17(25)9-21(16)26)22(29)14-33-20-11-18(31-5)10-19(12-20)32-6/h7-12,15H,13-14H2,1-6H3,(H,27,30)/t15-/m1/s1. The van der Waals surface area contributed by atoms with E-state index >= 15 is 0 Å². The third-order valence-electron chi connectivity index (χ3n) is 4.71. The molecule has 0 saturated carbocycles. The molecule has 0 aromatic heterocycles. The summed E-state index contributed by atoms with van der Waals surface area (Å²) in [6.07, 6.45) is 0. The van der Waals surface area contributed by atoms with Crippen molar-refractivity contribution in [3.8, 4) is 17.2 Å². The Morgan fingerprint density at radius 2 is 1.58 bits per heavy atom. The van der Waals surface area contributed by atoms with Crippen LogP contribution in [0.15, 0.2) is 36.4 Å². The maximum Gasteiger partial charge on any atom is 0.261 e. The minimum absolute atomic E-state index is 0.109. The van der Waals surface area contributed by atoms with E-state index in [1.165, 1.54) is 19.1 Å². The van der Waals surface area contributed by atoms with E-state index in [0.717, 1.165) is 0 Å². The molecule has 7 nitrogen and oxygen atoms in total. The maximum absolute atomic E-state index is 13.2. The van der Waals surface area contributed by atoms with E-state index in [1.54, 1.807) is 43.3 Å². The third-order valence-corrected chi connectivity index (χ3v) is 5.30. The van der Waals surface area contributed by atoms with Crippen molar-refractivity contribution in [2.75, 3.05) is 20.8 Å². The highest BCUT2D eigenvalue weighted by molar-refractivity contribution is 6.35. The fourth-order valence-corrected chi connectivity index (χ4v) is 3.45. The van der Waals surface area contributed by atoms with E-state index in [2.05, 4.69) is 5.32 Å². The van der Waals surface area contributed by atoms with Crippen molar-refractivity contribution in [3.63, 3.8) is 0 Å². The minimum Gasteiger partial charge on any atom is -0.496 e.